The molecule has 576 valence electrons. The van der Waals surface area contributed by atoms with Gasteiger partial charge in [0.05, 0.1) is 109 Å². The van der Waals surface area contributed by atoms with E-state index in [1.807, 2.05) is 72.8 Å². The van der Waals surface area contributed by atoms with Gasteiger partial charge in [-0.3, -0.25) is 0 Å². The van der Waals surface area contributed by atoms with Crippen LogP contribution in [0.25, 0.3) is 164 Å². The van der Waals surface area contributed by atoms with Gasteiger partial charge in [0.2, 0.25) is 0 Å². The first-order valence-corrected chi connectivity index (χ1v) is 39.0. The summed E-state index contributed by atoms with van der Waals surface area (Å²) in [6.07, 6.45) is -9.45. The van der Waals surface area contributed by atoms with E-state index < -0.39 is 23.5 Å². The molecule has 14 heteroatoms. The lowest BCUT2D eigenvalue weighted by atomic mass is 9.84. The van der Waals surface area contributed by atoms with Gasteiger partial charge in [-0.15, -0.1) is 0 Å². The van der Waals surface area contributed by atoms with Crippen molar-refractivity contribution in [2.24, 2.45) is 0 Å². The van der Waals surface area contributed by atoms with Crippen LogP contribution in [-0.4, -0.2) is 18.3 Å². The first kappa shape index (κ1) is 76.5. The smallest absolute Gasteiger partial charge is 0.310 e. The van der Waals surface area contributed by atoms with Crippen molar-refractivity contribution in [1.82, 2.24) is 18.3 Å². The molecule has 0 spiro atoms. The van der Waals surface area contributed by atoms with Gasteiger partial charge in [-0.05, 0) is 286 Å². The number of halogens is 6. The SMILES string of the molecule is [C-]#[N+]c1ccc(-c2ccc(-c3c(C)c(C)c(C#N)c(C)c3C(F)(F)F)cc2-n2c3ccc(C)cc3c3cc(C)ccc32)c(-n2c3ccc(C)cc3c3cc(C)ccc32)c1.[C-]#[N+]c1ccc(-n2c3ccc(C)cc3c3cc(C)ccc32)c(-c2ccc(-c3c(C)c(C)c(C#N)c(C)c3C(F)(F)F)cc2-n2c3ccc(C)cc3c3cc(C)ccc32)c1. The number of alkyl halides is 6. The van der Waals surface area contributed by atoms with Gasteiger partial charge in [0.1, 0.15) is 0 Å². The van der Waals surface area contributed by atoms with Gasteiger partial charge in [-0.1, -0.05) is 136 Å². The van der Waals surface area contributed by atoms with Crippen LogP contribution in [0.2, 0.25) is 0 Å². The van der Waals surface area contributed by atoms with Crippen LogP contribution in [-0.2, 0) is 12.4 Å². The van der Waals surface area contributed by atoms with Crippen LogP contribution < -0.4 is 0 Å². The number of hydrogen-bond acceptors (Lipinski definition) is 2. The molecule has 4 aromatic heterocycles. The summed E-state index contributed by atoms with van der Waals surface area (Å²) in [5.41, 5.74) is 24.5. The Balaban J connectivity index is 0.000000169. The predicted octanol–water partition coefficient (Wildman–Crippen LogP) is 29.6. The quantitative estimate of drug-likeness (QED) is 0.112. The third-order valence-corrected chi connectivity index (χ3v) is 24.1. The molecule has 0 fully saturated rings. The van der Waals surface area contributed by atoms with Crippen LogP contribution in [0.4, 0.5) is 37.7 Å². The molecule has 0 unspecified atom stereocenters. The Morgan fingerprint density at radius 1 is 0.263 bits per heavy atom. The third-order valence-electron chi connectivity index (χ3n) is 24.1. The van der Waals surface area contributed by atoms with Crippen molar-refractivity contribution in [2.75, 3.05) is 0 Å². The standard InChI is InChI=1S/2C52H39F3N4/c1-28-9-17-44-39(21-28)40-22-29(2)10-18-45(40)58(44)48-25-35(50-33(6)32(5)43(27-56)34(7)51(50)52(53,54)55)13-15-37(48)38-16-14-36(57-8)26-49(38)59-46-19-11-30(3)23-41(46)42-24-31(4)12-20-47(42)59;1-28-9-16-44-38(21-28)39-22-29(2)10-17-45(39)58(44)48-20-14-36(57-8)26-42(48)37-15-13-35(50-33(6)32(5)43(27-56)34(7)51(50)52(53,54)55)25-49(37)59-46-18-11-30(3)23-40(46)41-24-31(4)12-19-47(41)59/h2*9-26H,1-7H3. The van der Waals surface area contributed by atoms with Crippen LogP contribution in [0, 0.1) is 133 Å². The van der Waals surface area contributed by atoms with Crippen LogP contribution in [0.15, 0.2) is 218 Å². The molecule has 18 rings (SSSR count). The second kappa shape index (κ2) is 28.4. The van der Waals surface area contributed by atoms with Crippen LogP contribution in [0.3, 0.4) is 0 Å². The van der Waals surface area contributed by atoms with Crippen LogP contribution in [0.5, 0.6) is 0 Å². The van der Waals surface area contributed by atoms with Gasteiger partial charge in [0, 0.05) is 65.5 Å². The Bertz CT molecular complexity index is 7390. The summed E-state index contributed by atoms with van der Waals surface area (Å²) in [7, 11) is 0. The van der Waals surface area contributed by atoms with Gasteiger partial charge in [0.15, 0.2) is 11.4 Å². The first-order valence-electron chi connectivity index (χ1n) is 39.0. The maximum Gasteiger partial charge on any atom is 0.417 e. The zero-order chi connectivity index (χ0) is 83.3. The topological polar surface area (TPSA) is 76.0 Å². The number of aryl methyl sites for hydroxylation is 8. The molecular weight excluding hydrogens is 1480 g/mol. The number of aromatic nitrogens is 4. The largest absolute Gasteiger partial charge is 0.417 e. The molecule has 0 amide bonds. The van der Waals surface area contributed by atoms with Crippen molar-refractivity contribution in [2.45, 2.75) is 109 Å². The summed E-state index contributed by atoms with van der Waals surface area (Å²) in [5, 5.41) is 28.5. The Hall–Kier alpha value is -14.2. The molecular formula is C104H78F6N8. The van der Waals surface area contributed by atoms with Gasteiger partial charge in [-0.2, -0.15) is 36.9 Å². The second-order valence-corrected chi connectivity index (χ2v) is 31.8. The number of rotatable bonds is 8. The molecule has 8 nitrogen and oxygen atoms in total. The van der Waals surface area contributed by atoms with Gasteiger partial charge >= 0.3 is 12.4 Å². The van der Waals surface area contributed by atoms with E-state index in [1.54, 1.807) is 39.8 Å². The highest BCUT2D eigenvalue weighted by molar-refractivity contribution is 6.15. The summed E-state index contributed by atoms with van der Waals surface area (Å²) in [6, 6.07) is 77.4. The number of hydrogen-bond donors (Lipinski definition) is 0. The van der Waals surface area contributed by atoms with Crippen molar-refractivity contribution < 1.29 is 26.3 Å². The van der Waals surface area contributed by atoms with E-state index in [0.29, 0.717) is 56.1 Å². The van der Waals surface area contributed by atoms with E-state index in [4.69, 9.17) is 13.1 Å². The molecule has 0 bridgehead atoms. The highest BCUT2D eigenvalue weighted by atomic mass is 19.4. The third kappa shape index (κ3) is 12.3. The van der Waals surface area contributed by atoms with E-state index >= 15 is 26.3 Å². The minimum absolute atomic E-state index is 0.0423. The molecule has 0 atom stereocenters. The highest BCUT2D eigenvalue weighted by Gasteiger charge is 2.41. The van der Waals surface area contributed by atoms with Gasteiger partial charge in [-0.25, -0.2) is 9.69 Å². The molecule has 18 aromatic rings. The minimum Gasteiger partial charge on any atom is -0.310 e. The van der Waals surface area contributed by atoms with Crippen molar-refractivity contribution in [3.63, 3.8) is 0 Å². The van der Waals surface area contributed by atoms with Crippen molar-refractivity contribution in [3.8, 4) is 79.4 Å². The molecule has 4 heterocycles. The molecule has 0 aliphatic rings. The van der Waals surface area contributed by atoms with Crippen LogP contribution in [0.1, 0.15) is 100 Å². The van der Waals surface area contributed by atoms with Crippen molar-refractivity contribution in [3.05, 3.63) is 341 Å². The summed E-state index contributed by atoms with van der Waals surface area (Å²) in [5.74, 6) is 0. The first-order chi connectivity index (χ1) is 56.4. The van der Waals surface area contributed by atoms with E-state index in [2.05, 4.69) is 229 Å². The van der Waals surface area contributed by atoms with Gasteiger partial charge < -0.3 is 18.3 Å². The fraction of sp³-hybridized carbons (Fsp3) is 0.154. The molecule has 0 N–H and O–H groups in total. The average molecular weight is 1550 g/mol. The van der Waals surface area contributed by atoms with Crippen molar-refractivity contribution >= 4 is 98.6 Å². The molecule has 0 aliphatic heterocycles. The predicted molar refractivity (Wildman–Crippen MR) is 470 cm³/mol. The maximum atomic E-state index is 15.3. The lowest BCUT2D eigenvalue weighted by molar-refractivity contribution is -0.138. The van der Waals surface area contributed by atoms with Crippen molar-refractivity contribution in [1.29, 1.82) is 10.5 Å². The molecule has 0 radical (unpaired) electrons. The Morgan fingerprint density at radius 2 is 0.508 bits per heavy atom. The zero-order valence-corrected chi connectivity index (χ0v) is 67.6. The van der Waals surface area contributed by atoms with Crippen LogP contribution >= 0.6 is 0 Å². The van der Waals surface area contributed by atoms with E-state index in [9.17, 15) is 10.5 Å². The highest BCUT2D eigenvalue weighted by Crippen LogP contribution is 2.52. The Morgan fingerprint density at radius 3 is 0.780 bits per heavy atom. The Labute approximate surface area is 679 Å². The summed E-state index contributed by atoms with van der Waals surface area (Å²) in [6.45, 7) is 42.3. The molecule has 14 aromatic carbocycles. The Kier molecular flexibility index (Phi) is 18.4. The summed E-state index contributed by atoms with van der Waals surface area (Å²) in [4.78, 5) is 7.74. The zero-order valence-electron chi connectivity index (χ0n) is 67.6. The molecule has 0 saturated heterocycles. The normalized spacial score (nSPS) is 11.9. The second-order valence-electron chi connectivity index (χ2n) is 31.8. The number of nitrogens with zero attached hydrogens (tertiary/aromatic N) is 8. The lowest BCUT2D eigenvalue weighted by Crippen LogP contribution is -2.14. The van der Waals surface area contributed by atoms with E-state index in [0.717, 1.165) is 165 Å². The lowest BCUT2D eigenvalue weighted by Gasteiger charge is -2.24. The summed E-state index contributed by atoms with van der Waals surface area (Å²) >= 11 is 0. The minimum atomic E-state index is -4.73. The molecule has 118 heavy (non-hydrogen) atoms. The fourth-order valence-electron chi connectivity index (χ4n) is 18.3. The van der Waals surface area contributed by atoms with E-state index in [1.165, 1.54) is 13.8 Å². The summed E-state index contributed by atoms with van der Waals surface area (Å²) < 4.78 is 100. The van der Waals surface area contributed by atoms with E-state index in [-0.39, 0.29) is 33.4 Å². The fourth-order valence-corrected chi connectivity index (χ4v) is 18.3. The monoisotopic (exact) mass is 1550 g/mol. The number of benzene rings is 14. The molecule has 0 aliphatic carbocycles. The maximum absolute atomic E-state index is 15.3. The molecule has 0 saturated carbocycles. The average Bonchev–Trinajstić information content (AvgIpc) is 1.71. The van der Waals surface area contributed by atoms with Gasteiger partial charge in [0.25, 0.3) is 0 Å². The number of fused-ring (bicyclic) bond motifs is 12. The number of nitriles is 2.